The Balaban J connectivity index is 1.89. The molecular formula is C17H25N3O4. The molecule has 1 saturated heterocycles. The number of nitrogens with zero attached hydrogens (tertiary/aromatic N) is 2. The predicted octanol–water partition coefficient (Wildman–Crippen LogP) is 3.36. The quantitative estimate of drug-likeness (QED) is 0.883. The number of amides is 2. The van der Waals surface area contributed by atoms with E-state index >= 15 is 0 Å². The van der Waals surface area contributed by atoms with Gasteiger partial charge in [-0.15, -0.1) is 0 Å². The Morgan fingerprint density at radius 3 is 2.58 bits per heavy atom. The van der Waals surface area contributed by atoms with E-state index in [9.17, 15) is 9.59 Å². The van der Waals surface area contributed by atoms with E-state index in [0.29, 0.717) is 24.8 Å². The number of hydrogen-bond acceptors (Lipinski definition) is 4. The maximum Gasteiger partial charge on any atom is 0.413 e. The largest absolute Gasteiger partial charge is 0.465 e. The number of aromatic nitrogens is 1. The molecule has 2 heterocycles. The minimum absolute atomic E-state index is 0.407. The van der Waals surface area contributed by atoms with Crippen LogP contribution in [0.2, 0.25) is 0 Å². The molecule has 1 aromatic rings. The number of carbonyl (C=O) groups is 2. The number of anilines is 1. The molecule has 0 aliphatic carbocycles. The van der Waals surface area contributed by atoms with Gasteiger partial charge in [-0.25, -0.2) is 14.6 Å². The zero-order chi connectivity index (χ0) is 17.7. The van der Waals surface area contributed by atoms with E-state index in [1.807, 2.05) is 12.1 Å². The van der Waals surface area contributed by atoms with Gasteiger partial charge < -0.3 is 14.7 Å². The van der Waals surface area contributed by atoms with Crippen molar-refractivity contribution in [3.05, 3.63) is 23.9 Å². The van der Waals surface area contributed by atoms with Crippen molar-refractivity contribution in [2.75, 3.05) is 18.4 Å². The molecule has 1 aliphatic heterocycles. The zero-order valence-electron chi connectivity index (χ0n) is 14.4. The highest BCUT2D eigenvalue weighted by Gasteiger charge is 2.23. The van der Waals surface area contributed by atoms with Crippen LogP contribution in [0.4, 0.5) is 15.4 Å². The highest BCUT2D eigenvalue weighted by Crippen LogP contribution is 2.21. The number of carbonyl (C=O) groups excluding carboxylic acids is 1. The van der Waals surface area contributed by atoms with Gasteiger partial charge in [0.05, 0.1) is 0 Å². The average Bonchev–Trinajstić information content (AvgIpc) is 2.46. The second-order valence-corrected chi connectivity index (χ2v) is 7.06. The van der Waals surface area contributed by atoms with Gasteiger partial charge in [0.2, 0.25) is 0 Å². The lowest BCUT2D eigenvalue weighted by Crippen LogP contribution is -2.37. The summed E-state index contributed by atoms with van der Waals surface area (Å²) in [5.41, 5.74) is 0.331. The van der Waals surface area contributed by atoms with Gasteiger partial charge in [0.15, 0.2) is 0 Å². The van der Waals surface area contributed by atoms with Crippen molar-refractivity contribution in [3.63, 3.8) is 0 Å². The molecular weight excluding hydrogens is 310 g/mol. The SMILES string of the molecule is CC(C)(C)OC(=O)Nc1cccc(CC2CCN(C(=O)O)CC2)n1. The predicted molar refractivity (Wildman–Crippen MR) is 90.1 cm³/mol. The van der Waals surface area contributed by atoms with Crippen molar-refractivity contribution in [3.8, 4) is 0 Å². The fourth-order valence-corrected chi connectivity index (χ4v) is 2.70. The van der Waals surface area contributed by atoms with Gasteiger partial charge in [0.1, 0.15) is 11.4 Å². The number of ether oxygens (including phenoxy) is 1. The molecule has 1 aliphatic rings. The van der Waals surface area contributed by atoms with Crippen LogP contribution in [0.1, 0.15) is 39.3 Å². The summed E-state index contributed by atoms with van der Waals surface area (Å²) in [6.07, 6.45) is 1.06. The van der Waals surface area contributed by atoms with Gasteiger partial charge in [-0.3, -0.25) is 5.32 Å². The van der Waals surface area contributed by atoms with Crippen LogP contribution in [0.15, 0.2) is 18.2 Å². The summed E-state index contributed by atoms with van der Waals surface area (Å²) in [6.45, 7) is 6.55. The van der Waals surface area contributed by atoms with E-state index in [4.69, 9.17) is 9.84 Å². The van der Waals surface area contributed by atoms with E-state index in [1.54, 1.807) is 26.8 Å². The lowest BCUT2D eigenvalue weighted by atomic mass is 9.92. The van der Waals surface area contributed by atoms with Gasteiger partial charge in [0, 0.05) is 18.8 Å². The summed E-state index contributed by atoms with van der Waals surface area (Å²) in [5.74, 6) is 0.870. The van der Waals surface area contributed by atoms with Crippen LogP contribution in [-0.4, -0.2) is 45.9 Å². The van der Waals surface area contributed by atoms with Crippen LogP contribution in [0.5, 0.6) is 0 Å². The van der Waals surface area contributed by atoms with Gasteiger partial charge >= 0.3 is 12.2 Å². The summed E-state index contributed by atoms with van der Waals surface area (Å²) in [7, 11) is 0. The number of carboxylic acid groups (broad SMARTS) is 1. The molecule has 0 aromatic carbocycles. The van der Waals surface area contributed by atoms with Gasteiger partial charge in [0.25, 0.3) is 0 Å². The first-order valence-electron chi connectivity index (χ1n) is 8.17. The summed E-state index contributed by atoms with van der Waals surface area (Å²) < 4.78 is 5.21. The van der Waals surface area contributed by atoms with Gasteiger partial charge in [-0.1, -0.05) is 6.07 Å². The van der Waals surface area contributed by atoms with Gasteiger partial charge in [-0.05, 0) is 58.1 Å². The van der Waals surface area contributed by atoms with E-state index in [-0.39, 0.29) is 0 Å². The van der Waals surface area contributed by atoms with E-state index in [2.05, 4.69) is 10.3 Å². The Kier molecular flexibility index (Phi) is 5.64. The highest BCUT2D eigenvalue weighted by molar-refractivity contribution is 5.83. The third kappa shape index (κ3) is 5.72. The number of pyridine rings is 1. The monoisotopic (exact) mass is 335 g/mol. The number of piperidine rings is 1. The number of nitrogens with one attached hydrogen (secondary N) is 1. The van der Waals surface area contributed by atoms with E-state index in [1.165, 1.54) is 4.90 Å². The third-order valence-corrected chi connectivity index (χ3v) is 3.82. The molecule has 24 heavy (non-hydrogen) atoms. The summed E-state index contributed by atoms with van der Waals surface area (Å²) in [6, 6.07) is 5.49. The zero-order valence-corrected chi connectivity index (χ0v) is 14.4. The summed E-state index contributed by atoms with van der Waals surface area (Å²) >= 11 is 0. The van der Waals surface area contributed by atoms with E-state index in [0.717, 1.165) is 25.0 Å². The molecule has 0 unspecified atom stereocenters. The van der Waals surface area contributed by atoms with Crippen molar-refractivity contribution in [1.82, 2.24) is 9.88 Å². The average molecular weight is 335 g/mol. The Bertz CT molecular complexity index is 590. The molecule has 132 valence electrons. The fraction of sp³-hybridized carbons (Fsp3) is 0.588. The number of rotatable bonds is 3. The van der Waals surface area contributed by atoms with Crippen molar-refractivity contribution >= 4 is 18.0 Å². The minimum atomic E-state index is -0.852. The number of likely N-dealkylation sites (tertiary alicyclic amines) is 1. The van der Waals surface area contributed by atoms with Crippen molar-refractivity contribution in [2.24, 2.45) is 5.92 Å². The first-order chi connectivity index (χ1) is 11.2. The molecule has 7 nitrogen and oxygen atoms in total. The molecule has 2 amide bonds. The molecule has 0 saturated carbocycles. The lowest BCUT2D eigenvalue weighted by Gasteiger charge is -2.29. The van der Waals surface area contributed by atoms with Crippen LogP contribution >= 0.6 is 0 Å². The molecule has 1 aromatic heterocycles. The van der Waals surface area contributed by atoms with Crippen LogP contribution < -0.4 is 5.32 Å². The van der Waals surface area contributed by atoms with Crippen LogP contribution in [0.25, 0.3) is 0 Å². The first-order valence-corrected chi connectivity index (χ1v) is 8.17. The Morgan fingerprint density at radius 1 is 1.33 bits per heavy atom. The second kappa shape index (κ2) is 7.51. The Morgan fingerprint density at radius 2 is 2.00 bits per heavy atom. The lowest BCUT2D eigenvalue weighted by molar-refractivity contribution is 0.0635. The van der Waals surface area contributed by atoms with Crippen molar-refractivity contribution < 1.29 is 19.4 Å². The van der Waals surface area contributed by atoms with Gasteiger partial charge in [-0.2, -0.15) is 0 Å². The topological polar surface area (TPSA) is 91.8 Å². The third-order valence-electron chi connectivity index (χ3n) is 3.82. The highest BCUT2D eigenvalue weighted by atomic mass is 16.6. The molecule has 0 atom stereocenters. The minimum Gasteiger partial charge on any atom is -0.465 e. The summed E-state index contributed by atoms with van der Waals surface area (Å²) in [4.78, 5) is 28.6. The maximum atomic E-state index is 11.8. The molecule has 0 radical (unpaired) electrons. The fourth-order valence-electron chi connectivity index (χ4n) is 2.70. The Labute approximate surface area is 142 Å². The molecule has 1 fully saturated rings. The summed E-state index contributed by atoms with van der Waals surface area (Å²) in [5, 5.41) is 11.6. The smallest absolute Gasteiger partial charge is 0.413 e. The van der Waals surface area contributed by atoms with E-state index < -0.39 is 17.8 Å². The van der Waals surface area contributed by atoms with Crippen LogP contribution in [-0.2, 0) is 11.2 Å². The normalized spacial score (nSPS) is 15.9. The molecule has 7 heteroatoms. The molecule has 2 N–H and O–H groups in total. The first kappa shape index (κ1) is 18.0. The molecule has 0 spiro atoms. The standard InChI is InChI=1S/C17H25N3O4/c1-17(2,3)24-15(21)19-14-6-4-5-13(18-14)11-12-7-9-20(10-8-12)16(22)23/h4-6,12H,7-11H2,1-3H3,(H,22,23)(H,18,19,21). The second-order valence-electron chi connectivity index (χ2n) is 7.06. The maximum absolute atomic E-state index is 11.8. The van der Waals surface area contributed by atoms with Crippen molar-refractivity contribution in [2.45, 2.75) is 45.6 Å². The molecule has 2 rings (SSSR count). The molecule has 0 bridgehead atoms. The van der Waals surface area contributed by atoms with Crippen LogP contribution in [0, 0.1) is 5.92 Å². The number of hydrogen-bond donors (Lipinski definition) is 2. The van der Waals surface area contributed by atoms with Crippen LogP contribution in [0.3, 0.4) is 0 Å². The van der Waals surface area contributed by atoms with Crippen molar-refractivity contribution in [1.29, 1.82) is 0 Å². The Hall–Kier alpha value is -2.31.